The van der Waals surface area contributed by atoms with Crippen molar-refractivity contribution < 1.29 is 52.3 Å². The number of sulfonamides is 1. The van der Waals surface area contributed by atoms with Crippen LogP contribution in [0.2, 0.25) is 5.02 Å². The smallest absolute Gasteiger partial charge is 0.419 e. The van der Waals surface area contributed by atoms with Crippen LogP contribution in [0.3, 0.4) is 0 Å². The van der Waals surface area contributed by atoms with Gasteiger partial charge in [-0.25, -0.2) is 22.4 Å². The lowest BCUT2D eigenvalue weighted by atomic mass is 9.96. The van der Waals surface area contributed by atoms with Gasteiger partial charge in [-0.05, 0) is 250 Å². The largest absolute Gasteiger partial charge is 0.497 e. The third kappa shape index (κ3) is 31.5. The second-order valence-corrected chi connectivity index (χ2v) is 46.0. The van der Waals surface area contributed by atoms with Gasteiger partial charge in [0.05, 0.1) is 101 Å². The molecule has 2 amide bonds. The molecule has 20 rings (SSSR count). The van der Waals surface area contributed by atoms with Gasteiger partial charge in [0, 0.05) is 203 Å². The highest BCUT2D eigenvalue weighted by molar-refractivity contribution is 8.00. The van der Waals surface area contributed by atoms with E-state index in [1.54, 1.807) is 86.1 Å². The minimum Gasteiger partial charge on any atom is -0.497 e. The van der Waals surface area contributed by atoms with Crippen molar-refractivity contribution in [2.45, 2.75) is 175 Å². The molecule has 10 aliphatic rings. The number of anilines is 10. The Morgan fingerprint density at radius 3 is 1.22 bits per heavy atom. The van der Waals surface area contributed by atoms with Crippen molar-refractivity contribution in [1.82, 2.24) is 38.6 Å². The number of likely N-dealkylation sites (tertiary alicyclic amines) is 3. The summed E-state index contributed by atoms with van der Waals surface area (Å²) in [5, 5.41) is 28.7. The molecule has 1 unspecified atom stereocenters. The maximum absolute atomic E-state index is 12.8. The van der Waals surface area contributed by atoms with Gasteiger partial charge < -0.3 is 79.4 Å². The molecule has 5 saturated heterocycles. The number of halogens is 1. The van der Waals surface area contributed by atoms with Gasteiger partial charge >= 0.3 is 6.09 Å². The topological polar surface area (TPSA) is 242 Å². The van der Waals surface area contributed by atoms with Crippen LogP contribution in [-0.2, 0) is 24.3 Å². The highest BCUT2D eigenvalue weighted by Gasteiger charge is 2.35. The van der Waals surface area contributed by atoms with Gasteiger partial charge in [-0.15, -0.1) is 0 Å². The van der Waals surface area contributed by atoms with Crippen LogP contribution < -0.4 is 35.0 Å². The van der Waals surface area contributed by atoms with Crippen molar-refractivity contribution in [2.75, 3.05) is 242 Å². The summed E-state index contributed by atoms with van der Waals surface area (Å²) < 4.78 is 43.4. The Bertz CT molecular complexity index is 5960. The van der Waals surface area contributed by atoms with Crippen molar-refractivity contribution >= 4 is 155 Å². The Hall–Kier alpha value is -8.88. The molecule has 10 aromatic carbocycles. The number of piperazine rings is 2. The molecule has 148 heavy (non-hydrogen) atoms. The number of methoxy groups -OCH3 is 1. The van der Waals surface area contributed by atoms with E-state index in [2.05, 4.69) is 176 Å². The number of para-hydroxylation sites is 6. The first-order valence-electron chi connectivity index (χ1n) is 50.7. The average Bonchev–Trinajstić information content (AvgIpc) is 0.791. The van der Waals surface area contributed by atoms with Gasteiger partial charge in [0.2, 0.25) is 15.9 Å². The number of benzene rings is 10. The lowest BCUT2D eigenvalue weighted by molar-refractivity contribution is -0.123. The van der Waals surface area contributed by atoms with E-state index in [1.165, 1.54) is 99.4 Å². The maximum Gasteiger partial charge on any atom is 0.419 e. The van der Waals surface area contributed by atoms with Crippen LogP contribution in [0.15, 0.2) is 272 Å². The first kappa shape index (κ1) is 119. The second-order valence-electron chi connectivity index (χ2n) is 38.0. The quantitative estimate of drug-likeness (QED) is 0.0233. The molecule has 0 radical (unpaired) electrons. The number of Topliss-reactive ketones (excluding diaryl/α,β-unsaturated/α-hetero) is 1. The average molecular weight is 2150 g/mol. The number of ketones is 1. The highest BCUT2D eigenvalue weighted by atomic mass is 35.5. The zero-order valence-corrected chi connectivity index (χ0v) is 88.8. The fourth-order valence-corrected chi connectivity index (χ4v) is 26.4. The van der Waals surface area contributed by atoms with Crippen molar-refractivity contribution in [3.63, 3.8) is 0 Å². The number of hydrogen-bond donors (Lipinski definition) is 4. The number of rotatable bonds is 31. The third-order valence-electron chi connectivity index (χ3n) is 27.8. The maximum atomic E-state index is 12.8. The number of carbonyl (C=O) groups is 3. The number of nitrogens with two attached hydrogens (primary N) is 1. The molecule has 10 heterocycles. The predicted octanol–water partition coefficient (Wildman–Crippen LogP) is 23.1. The van der Waals surface area contributed by atoms with Crippen LogP contribution in [0.5, 0.6) is 5.75 Å². The van der Waals surface area contributed by atoms with E-state index in [4.69, 9.17) is 41.8 Å². The summed E-state index contributed by atoms with van der Waals surface area (Å²) in [4.78, 5) is 76.6. The zero-order chi connectivity index (χ0) is 99.7. The first-order chi connectivity index (χ1) is 69.6. The van der Waals surface area contributed by atoms with Gasteiger partial charge in [-0.2, -0.15) is 0 Å². The fourth-order valence-electron chi connectivity index (χ4n) is 20.0. The highest BCUT2D eigenvalue weighted by Crippen LogP contribution is 2.55. The van der Waals surface area contributed by atoms with E-state index in [0.717, 1.165) is 255 Å². The van der Waals surface area contributed by atoms with E-state index in [9.17, 15) is 27.9 Å². The number of hydrogen-bond acceptors (Lipinski definition) is 27. The van der Waals surface area contributed by atoms with E-state index >= 15 is 0 Å². The Morgan fingerprint density at radius 2 is 0.777 bits per heavy atom. The summed E-state index contributed by atoms with van der Waals surface area (Å²) in [6.45, 7) is 30.6. The zero-order valence-electron chi connectivity index (χ0n) is 83.1. The molecule has 5 fully saturated rings. The number of amides is 2. The molecule has 0 bridgehead atoms. The Balaban J connectivity index is 0.000000174. The molecule has 25 nitrogen and oxygen atoms in total. The summed E-state index contributed by atoms with van der Waals surface area (Å²) in [5.74, 6) is 1.44. The minimum atomic E-state index is -3.49. The number of aliphatic hydroxyl groups excluding tert-OH is 3. The molecule has 10 aliphatic heterocycles. The number of fused-ring (bicyclic) bond motifs is 10. The van der Waals surface area contributed by atoms with Gasteiger partial charge in [0.15, 0.2) is 5.78 Å². The molecule has 32 heteroatoms. The number of piperidine rings is 3. The van der Waals surface area contributed by atoms with Crippen molar-refractivity contribution in [3.05, 3.63) is 229 Å². The summed E-state index contributed by atoms with van der Waals surface area (Å²) in [6, 6.07) is 73.9. The third-order valence-corrected chi connectivity index (χ3v) is 35.5. The number of carbonyl (C=O) groups excluding carboxylic acids is 3. The standard InChI is InChI=1S/C23H32N4O3S2.C23H29N3O2S.C22H26N2O3S.C22H28N2O2S.C21H24ClN3OS.5CH4/c1-24(2)32(29,30)19-8-9-23-21(18-19)27(20-6-3-4-7-22(20)31-23)11-5-10-25-12-14-26(15-13-25)16-17-28;1-18(28)19-7-8-23-21(17-19)26(20-5-2-3-6-22(20)29-23)10-4-9-24-11-13-25(14-12-24)15-16-27;25-22(27-17-16-26-15-14-23-12-6-1-7-13-23)24-18-8-2-4-10-20(18)28-21-11-5-3-9-19(21)24;1-16(14-23-11-9-17(25)10-12-23)15-24-19-5-3-4-6-21(19)27-22-8-7-18(26-2)13-20(22)24;22-16-6-7-20-18(14-16)25(17-4-1-2-5-19(17)27-20)11-3-10-24-12-8-15(9-13-24)21(23)26;;;;;/h3-4,6-9,18,28H,5,10-17H2,1-2H3;2-3,5-8,17,27H,4,9-16H2,1H3;2-5,8-11H,1,6-7,12-17H2;3-8,13,16-17,25H,9-12,14-15H2,1-2H3;1-2,4-7,14-15H,3,8-13H2,(H2,23,26);5*1H4. The molecular weight excluding hydrogens is 1990 g/mol. The SMILES string of the molecule is C.C.C.C.C.CC(=O)c1ccc2c(c1)N(CCCN1CCN(CCO)CC1)c1ccccc1S2.CN(C)S(=O)(=O)c1ccc2c(c1)N(CCCN1CCN(CCO)CC1)c1ccccc1S2.COc1ccc2c(c1)N(CC(C)CN1CCC(O)CC1)c1ccccc1S2.NC(=O)C1CCN(CCCN2c3ccccc3Sc3ccc(Cl)cc32)CC1.O=C(OCCOCCN1CCCCC1)N1c2ccccc2Sc2ccccc21. The molecular formula is C116H159ClN14O11S6. The molecule has 802 valence electrons. The normalized spacial score (nSPS) is 16.8. The summed E-state index contributed by atoms with van der Waals surface area (Å²) in [7, 11) is 1.37. The van der Waals surface area contributed by atoms with Crippen LogP contribution in [0.1, 0.15) is 126 Å². The monoisotopic (exact) mass is 2150 g/mol. The lowest BCUT2D eigenvalue weighted by Crippen LogP contribution is -2.47. The van der Waals surface area contributed by atoms with E-state index in [0.29, 0.717) is 24.0 Å². The molecule has 0 aliphatic carbocycles. The summed E-state index contributed by atoms with van der Waals surface area (Å²) in [5.41, 5.74) is 17.4. The minimum absolute atomic E-state index is 0. The van der Waals surface area contributed by atoms with E-state index < -0.39 is 10.0 Å². The van der Waals surface area contributed by atoms with Crippen LogP contribution in [0.4, 0.5) is 61.7 Å². The number of ether oxygens (including phenoxy) is 3. The van der Waals surface area contributed by atoms with Crippen LogP contribution in [0.25, 0.3) is 0 Å². The van der Waals surface area contributed by atoms with Gasteiger partial charge in [0.25, 0.3) is 0 Å². The molecule has 0 saturated carbocycles. The number of primary amides is 1. The van der Waals surface area contributed by atoms with Gasteiger partial charge in [0.1, 0.15) is 12.4 Å². The number of β-amino-alcohol motifs (C(OH)–C–C–N with tert-alkyl or cyclic N) is 2. The molecule has 5 N–H and O–H groups in total. The van der Waals surface area contributed by atoms with E-state index in [1.807, 2.05) is 109 Å². The Morgan fingerprint density at radius 1 is 0.405 bits per heavy atom. The van der Waals surface area contributed by atoms with E-state index in [-0.39, 0.29) is 86.8 Å². The molecule has 0 spiro atoms. The van der Waals surface area contributed by atoms with Crippen molar-refractivity contribution in [1.29, 1.82) is 0 Å². The van der Waals surface area contributed by atoms with Crippen LogP contribution in [-0.4, -0.2) is 304 Å². The van der Waals surface area contributed by atoms with Crippen molar-refractivity contribution in [3.8, 4) is 5.75 Å². The van der Waals surface area contributed by atoms with Crippen LogP contribution in [0, 0.1) is 11.8 Å². The van der Waals surface area contributed by atoms with Crippen molar-refractivity contribution in [2.24, 2.45) is 17.6 Å². The molecule has 1 atom stereocenters. The van der Waals surface area contributed by atoms with Gasteiger partial charge in [-0.1, -0.05) is 200 Å². The second kappa shape index (κ2) is 58.8. The number of nitrogens with zero attached hydrogens (tertiary/aromatic N) is 13. The lowest BCUT2D eigenvalue weighted by Gasteiger charge is -2.37. The predicted molar refractivity (Wildman–Crippen MR) is 617 cm³/mol. The summed E-state index contributed by atoms with van der Waals surface area (Å²) in [6.07, 6.45) is 10.1. The van der Waals surface area contributed by atoms with Gasteiger partial charge in [-0.3, -0.25) is 19.4 Å². The Kier molecular flexibility index (Phi) is 47.4. The van der Waals surface area contributed by atoms with Crippen LogP contribution >= 0.6 is 70.4 Å². The molecule has 0 aromatic heterocycles. The fraction of sp³-hybridized carbons (Fsp3) is 0.457. The first-order valence-corrected chi connectivity index (χ1v) is 56.6. The molecule has 10 aromatic rings. The number of aliphatic hydroxyl groups is 3. The summed E-state index contributed by atoms with van der Waals surface area (Å²) >= 11 is 15.1. The Labute approximate surface area is 908 Å².